The van der Waals surface area contributed by atoms with Crippen molar-refractivity contribution in [3.05, 3.63) is 63.7 Å². The van der Waals surface area contributed by atoms with Crippen molar-refractivity contribution in [3.63, 3.8) is 0 Å². The van der Waals surface area contributed by atoms with Gasteiger partial charge in [0.2, 0.25) is 0 Å². The van der Waals surface area contributed by atoms with Crippen molar-refractivity contribution in [1.29, 1.82) is 0 Å². The molecule has 3 aromatic rings. The standard InChI is InChI=1S/C20H21ClN4O2S/c1-3-10-25(20(28)22-14-5-7-15(27-2)8-6-14)12-18-23-17-11-13(21)4-9-16(17)19(26)24-18/h4-9,11H,3,10,12H2,1-2H3,(H,22,28)(H,23,24,26). The van der Waals surface area contributed by atoms with Gasteiger partial charge in [-0.3, -0.25) is 4.79 Å². The highest BCUT2D eigenvalue weighted by Gasteiger charge is 2.13. The van der Waals surface area contributed by atoms with Gasteiger partial charge in [-0.25, -0.2) is 4.98 Å². The summed E-state index contributed by atoms with van der Waals surface area (Å²) in [7, 11) is 1.63. The second-order valence-electron chi connectivity index (χ2n) is 6.25. The van der Waals surface area contributed by atoms with Crippen molar-refractivity contribution in [2.75, 3.05) is 19.0 Å². The summed E-state index contributed by atoms with van der Waals surface area (Å²) < 4.78 is 5.17. The van der Waals surface area contributed by atoms with Gasteiger partial charge in [0.1, 0.15) is 11.6 Å². The number of fused-ring (bicyclic) bond motifs is 1. The van der Waals surface area contributed by atoms with E-state index in [4.69, 9.17) is 28.6 Å². The Morgan fingerprint density at radius 3 is 2.71 bits per heavy atom. The van der Waals surface area contributed by atoms with E-state index in [1.54, 1.807) is 25.3 Å². The van der Waals surface area contributed by atoms with Gasteiger partial charge < -0.3 is 19.9 Å². The molecule has 8 heteroatoms. The minimum absolute atomic E-state index is 0.192. The van der Waals surface area contributed by atoms with Crippen molar-refractivity contribution < 1.29 is 4.74 Å². The monoisotopic (exact) mass is 416 g/mol. The number of rotatable bonds is 6. The number of hydrogen-bond donors (Lipinski definition) is 2. The summed E-state index contributed by atoms with van der Waals surface area (Å²) in [5, 5.41) is 4.83. The summed E-state index contributed by atoms with van der Waals surface area (Å²) in [6, 6.07) is 12.6. The summed E-state index contributed by atoms with van der Waals surface area (Å²) >= 11 is 11.6. The Morgan fingerprint density at radius 2 is 2.04 bits per heavy atom. The quantitative estimate of drug-likeness (QED) is 0.587. The lowest BCUT2D eigenvalue weighted by atomic mass is 10.2. The second-order valence-corrected chi connectivity index (χ2v) is 7.08. The first-order valence-corrected chi connectivity index (χ1v) is 9.67. The Labute approximate surface area is 173 Å². The maximum atomic E-state index is 12.4. The van der Waals surface area contributed by atoms with E-state index < -0.39 is 0 Å². The van der Waals surface area contributed by atoms with Crippen LogP contribution in [0, 0.1) is 0 Å². The Kier molecular flexibility index (Phi) is 6.49. The van der Waals surface area contributed by atoms with E-state index in [0.29, 0.717) is 33.4 Å². The highest BCUT2D eigenvalue weighted by Crippen LogP contribution is 2.17. The summed E-state index contributed by atoms with van der Waals surface area (Å²) in [4.78, 5) is 21.7. The molecule has 0 aliphatic carbocycles. The van der Waals surface area contributed by atoms with Crippen LogP contribution in [0.15, 0.2) is 47.3 Å². The fourth-order valence-corrected chi connectivity index (χ4v) is 3.26. The predicted molar refractivity (Wildman–Crippen MR) is 117 cm³/mol. The van der Waals surface area contributed by atoms with E-state index in [1.807, 2.05) is 29.2 Å². The lowest BCUT2D eigenvalue weighted by Crippen LogP contribution is -2.36. The topological polar surface area (TPSA) is 70.2 Å². The highest BCUT2D eigenvalue weighted by molar-refractivity contribution is 7.80. The zero-order valence-electron chi connectivity index (χ0n) is 15.7. The van der Waals surface area contributed by atoms with Gasteiger partial charge >= 0.3 is 0 Å². The van der Waals surface area contributed by atoms with E-state index in [0.717, 1.165) is 24.4 Å². The minimum Gasteiger partial charge on any atom is -0.497 e. The number of nitrogens with one attached hydrogen (secondary N) is 2. The van der Waals surface area contributed by atoms with Gasteiger partial charge in [0.25, 0.3) is 5.56 Å². The number of halogens is 1. The first kappa shape index (κ1) is 20.1. The van der Waals surface area contributed by atoms with Crippen LogP contribution in [-0.4, -0.2) is 33.6 Å². The third kappa shape index (κ3) is 4.79. The highest BCUT2D eigenvalue weighted by atomic mass is 35.5. The Hall–Kier alpha value is -2.64. The molecule has 3 rings (SSSR count). The number of aromatic nitrogens is 2. The molecule has 0 aliphatic heterocycles. The molecule has 0 aliphatic rings. The Morgan fingerprint density at radius 1 is 1.29 bits per heavy atom. The molecule has 2 N–H and O–H groups in total. The number of H-pyrrole nitrogens is 1. The average molecular weight is 417 g/mol. The number of nitrogens with zero attached hydrogens (tertiary/aromatic N) is 2. The van der Waals surface area contributed by atoms with Crippen LogP contribution in [0.25, 0.3) is 10.9 Å². The smallest absolute Gasteiger partial charge is 0.258 e. The first-order chi connectivity index (χ1) is 13.5. The van der Waals surface area contributed by atoms with Crippen LogP contribution in [0.2, 0.25) is 5.02 Å². The maximum absolute atomic E-state index is 12.4. The molecule has 0 unspecified atom stereocenters. The summed E-state index contributed by atoms with van der Waals surface area (Å²) in [5.74, 6) is 1.31. The van der Waals surface area contributed by atoms with Crippen molar-refractivity contribution >= 4 is 45.5 Å². The van der Waals surface area contributed by atoms with E-state index >= 15 is 0 Å². The number of aromatic amines is 1. The molecular weight excluding hydrogens is 396 g/mol. The fourth-order valence-electron chi connectivity index (χ4n) is 2.82. The third-order valence-electron chi connectivity index (χ3n) is 4.18. The third-order valence-corrected chi connectivity index (χ3v) is 4.78. The van der Waals surface area contributed by atoms with Gasteiger partial charge in [-0.15, -0.1) is 0 Å². The minimum atomic E-state index is -0.192. The van der Waals surface area contributed by atoms with Crippen molar-refractivity contribution in [2.45, 2.75) is 19.9 Å². The van der Waals surface area contributed by atoms with Gasteiger partial charge in [-0.05, 0) is 61.1 Å². The second kappa shape index (κ2) is 9.03. The van der Waals surface area contributed by atoms with Gasteiger partial charge in [0.15, 0.2) is 5.11 Å². The molecule has 28 heavy (non-hydrogen) atoms. The molecule has 0 saturated heterocycles. The van der Waals surface area contributed by atoms with Crippen LogP contribution >= 0.6 is 23.8 Å². The molecule has 0 spiro atoms. The molecule has 0 amide bonds. The molecule has 0 bridgehead atoms. The molecular formula is C20H21ClN4O2S. The Bertz CT molecular complexity index is 1040. The average Bonchev–Trinajstić information content (AvgIpc) is 2.68. The maximum Gasteiger partial charge on any atom is 0.258 e. The molecule has 6 nitrogen and oxygen atoms in total. The summed E-state index contributed by atoms with van der Waals surface area (Å²) in [6.07, 6.45) is 0.897. The molecule has 0 radical (unpaired) electrons. The predicted octanol–water partition coefficient (Wildman–Crippen LogP) is 4.19. The summed E-state index contributed by atoms with van der Waals surface area (Å²) in [6.45, 7) is 3.17. The number of hydrogen-bond acceptors (Lipinski definition) is 4. The molecule has 1 aromatic heterocycles. The van der Waals surface area contributed by atoms with Crippen LogP contribution in [0.1, 0.15) is 19.2 Å². The van der Waals surface area contributed by atoms with Crippen LogP contribution in [0.3, 0.4) is 0 Å². The van der Waals surface area contributed by atoms with Gasteiger partial charge in [-0.1, -0.05) is 18.5 Å². The number of benzene rings is 2. The molecule has 0 atom stereocenters. The molecule has 2 aromatic carbocycles. The lowest BCUT2D eigenvalue weighted by Gasteiger charge is -2.25. The number of methoxy groups -OCH3 is 1. The normalized spacial score (nSPS) is 10.7. The van der Waals surface area contributed by atoms with Crippen molar-refractivity contribution in [1.82, 2.24) is 14.9 Å². The van der Waals surface area contributed by atoms with Crippen molar-refractivity contribution in [2.24, 2.45) is 0 Å². The van der Waals surface area contributed by atoms with E-state index in [1.165, 1.54) is 0 Å². The molecule has 1 heterocycles. The number of ether oxygens (including phenoxy) is 1. The van der Waals surface area contributed by atoms with E-state index in [2.05, 4.69) is 22.2 Å². The molecule has 0 saturated carbocycles. The number of anilines is 1. The van der Waals surface area contributed by atoms with Crippen LogP contribution in [-0.2, 0) is 6.54 Å². The first-order valence-electron chi connectivity index (χ1n) is 8.88. The van der Waals surface area contributed by atoms with Gasteiger partial charge in [-0.2, -0.15) is 0 Å². The van der Waals surface area contributed by atoms with Crippen LogP contribution in [0.5, 0.6) is 5.75 Å². The largest absolute Gasteiger partial charge is 0.497 e. The van der Waals surface area contributed by atoms with Gasteiger partial charge in [0, 0.05) is 17.3 Å². The zero-order chi connectivity index (χ0) is 20.1. The Balaban J connectivity index is 1.80. The molecule has 146 valence electrons. The zero-order valence-corrected chi connectivity index (χ0v) is 17.2. The van der Waals surface area contributed by atoms with Crippen LogP contribution < -0.4 is 15.6 Å². The molecule has 0 fully saturated rings. The van der Waals surface area contributed by atoms with Crippen LogP contribution in [0.4, 0.5) is 5.69 Å². The SMILES string of the molecule is CCCN(Cc1nc2cc(Cl)ccc2c(=O)[nH]1)C(=S)Nc1ccc(OC)cc1. The lowest BCUT2D eigenvalue weighted by molar-refractivity contribution is 0.406. The number of thiocarbonyl (C=S) groups is 1. The van der Waals surface area contributed by atoms with Crippen molar-refractivity contribution in [3.8, 4) is 5.75 Å². The summed E-state index contributed by atoms with van der Waals surface area (Å²) in [5.41, 5.74) is 1.23. The van der Waals surface area contributed by atoms with E-state index in [-0.39, 0.29) is 5.56 Å². The van der Waals surface area contributed by atoms with Gasteiger partial charge in [0.05, 0.1) is 24.6 Å². The fraction of sp³-hybridized carbons (Fsp3) is 0.250. The van der Waals surface area contributed by atoms with E-state index in [9.17, 15) is 4.79 Å².